The Bertz CT molecular complexity index is 392. The van der Waals surface area contributed by atoms with Gasteiger partial charge in [-0.25, -0.2) is 9.59 Å². The first kappa shape index (κ1) is 14.6. The van der Waals surface area contributed by atoms with Gasteiger partial charge >= 0.3 is 12.0 Å². The summed E-state index contributed by atoms with van der Waals surface area (Å²) in [4.78, 5) is 33.3. The smallest absolute Gasteiger partial charge is 0.326 e. The zero-order chi connectivity index (χ0) is 14.7. The summed E-state index contributed by atoms with van der Waals surface area (Å²) in [6.07, 6.45) is 4.50. The first-order valence-electron chi connectivity index (χ1n) is 7.03. The summed E-state index contributed by atoms with van der Waals surface area (Å²) in [5.74, 6) is -0.0843. The molecule has 7 heteroatoms. The summed E-state index contributed by atoms with van der Waals surface area (Å²) < 4.78 is 0. The Morgan fingerprint density at radius 2 is 1.70 bits per heavy atom. The molecule has 1 atom stereocenters. The SMILES string of the molecule is NC(=O)C[C@@H](NC(=O)NCC(C1CC1)C1CC1)C(=O)O. The van der Waals surface area contributed by atoms with E-state index in [4.69, 9.17) is 10.8 Å². The van der Waals surface area contributed by atoms with E-state index in [1.165, 1.54) is 25.7 Å². The summed E-state index contributed by atoms with van der Waals surface area (Å²) in [5.41, 5.74) is 4.95. The number of nitrogens with one attached hydrogen (secondary N) is 2. The van der Waals surface area contributed by atoms with Crippen LogP contribution in [0.15, 0.2) is 0 Å². The van der Waals surface area contributed by atoms with Crippen molar-refractivity contribution in [1.29, 1.82) is 0 Å². The molecule has 5 N–H and O–H groups in total. The molecule has 3 amide bonds. The van der Waals surface area contributed by atoms with E-state index in [0.717, 1.165) is 0 Å². The zero-order valence-electron chi connectivity index (χ0n) is 11.3. The number of hydrogen-bond donors (Lipinski definition) is 4. The third-order valence-corrected chi connectivity index (χ3v) is 3.96. The van der Waals surface area contributed by atoms with Gasteiger partial charge in [0.2, 0.25) is 5.91 Å². The van der Waals surface area contributed by atoms with Crippen molar-refractivity contribution in [2.75, 3.05) is 6.54 Å². The lowest BCUT2D eigenvalue weighted by Gasteiger charge is -2.18. The number of primary amides is 1. The van der Waals surface area contributed by atoms with Gasteiger partial charge in [-0.2, -0.15) is 0 Å². The van der Waals surface area contributed by atoms with Crippen LogP contribution in [0.25, 0.3) is 0 Å². The second-order valence-corrected chi connectivity index (χ2v) is 5.75. The molecule has 2 rings (SSSR count). The van der Waals surface area contributed by atoms with Crippen LogP contribution in [0.4, 0.5) is 4.79 Å². The minimum absolute atomic E-state index is 0.405. The van der Waals surface area contributed by atoms with Crippen LogP contribution in [0.3, 0.4) is 0 Å². The van der Waals surface area contributed by atoms with E-state index in [1.807, 2.05) is 0 Å². The van der Waals surface area contributed by atoms with E-state index < -0.39 is 30.4 Å². The highest BCUT2D eigenvalue weighted by Gasteiger charge is 2.41. The Morgan fingerprint density at radius 1 is 1.15 bits per heavy atom. The van der Waals surface area contributed by atoms with Gasteiger partial charge in [0.1, 0.15) is 6.04 Å². The number of hydrogen-bond acceptors (Lipinski definition) is 3. The third-order valence-electron chi connectivity index (χ3n) is 3.96. The quantitative estimate of drug-likeness (QED) is 0.503. The molecule has 112 valence electrons. The Labute approximate surface area is 117 Å². The van der Waals surface area contributed by atoms with Crippen molar-refractivity contribution in [3.05, 3.63) is 0 Å². The Balaban J connectivity index is 1.75. The molecule has 0 radical (unpaired) electrons. The average Bonchev–Trinajstić information content (AvgIpc) is 3.22. The molecule has 0 spiro atoms. The van der Waals surface area contributed by atoms with Crippen molar-refractivity contribution in [2.24, 2.45) is 23.5 Å². The van der Waals surface area contributed by atoms with Crippen molar-refractivity contribution in [3.8, 4) is 0 Å². The van der Waals surface area contributed by atoms with Crippen LogP contribution >= 0.6 is 0 Å². The number of carboxylic acid groups (broad SMARTS) is 1. The average molecular weight is 283 g/mol. The standard InChI is InChI=1S/C13H21N3O4/c14-11(17)5-10(12(18)19)16-13(20)15-6-9(7-1-2-7)8-3-4-8/h7-10H,1-6H2,(H2,14,17)(H,18,19)(H2,15,16,20)/t10-/m1/s1. The first-order chi connectivity index (χ1) is 9.47. The number of urea groups is 1. The van der Waals surface area contributed by atoms with Crippen molar-refractivity contribution < 1.29 is 19.5 Å². The van der Waals surface area contributed by atoms with Crippen LogP contribution < -0.4 is 16.4 Å². The normalized spacial score (nSPS) is 19.4. The molecule has 0 aromatic carbocycles. The molecule has 0 saturated heterocycles. The minimum Gasteiger partial charge on any atom is -0.480 e. The van der Waals surface area contributed by atoms with Crippen LogP contribution in [0, 0.1) is 17.8 Å². The molecular weight excluding hydrogens is 262 g/mol. The largest absolute Gasteiger partial charge is 0.480 e. The number of carbonyl (C=O) groups is 3. The van der Waals surface area contributed by atoms with Crippen LogP contribution in [0.1, 0.15) is 32.1 Å². The molecule has 2 fully saturated rings. The number of amides is 3. The number of rotatable bonds is 8. The van der Waals surface area contributed by atoms with E-state index >= 15 is 0 Å². The maximum Gasteiger partial charge on any atom is 0.326 e. The van der Waals surface area contributed by atoms with Gasteiger partial charge < -0.3 is 21.5 Å². The maximum absolute atomic E-state index is 11.7. The Morgan fingerprint density at radius 3 is 2.10 bits per heavy atom. The maximum atomic E-state index is 11.7. The molecule has 7 nitrogen and oxygen atoms in total. The summed E-state index contributed by atoms with van der Waals surface area (Å²) in [5, 5.41) is 13.9. The van der Waals surface area contributed by atoms with E-state index in [-0.39, 0.29) is 0 Å². The summed E-state index contributed by atoms with van der Waals surface area (Å²) in [6, 6.07) is -1.82. The molecule has 0 aromatic heterocycles. The van der Waals surface area contributed by atoms with Crippen molar-refractivity contribution >= 4 is 17.9 Å². The fourth-order valence-electron chi connectivity index (χ4n) is 2.59. The van der Waals surface area contributed by atoms with E-state index in [2.05, 4.69) is 10.6 Å². The summed E-state index contributed by atoms with van der Waals surface area (Å²) >= 11 is 0. The first-order valence-corrected chi connectivity index (χ1v) is 7.03. The second-order valence-electron chi connectivity index (χ2n) is 5.75. The fourth-order valence-corrected chi connectivity index (χ4v) is 2.59. The third kappa shape index (κ3) is 4.40. The van der Waals surface area contributed by atoms with Crippen molar-refractivity contribution in [3.63, 3.8) is 0 Å². The monoisotopic (exact) mass is 283 g/mol. The van der Waals surface area contributed by atoms with Gasteiger partial charge in [0.25, 0.3) is 0 Å². The van der Waals surface area contributed by atoms with E-state index in [0.29, 0.717) is 24.3 Å². The Kier molecular flexibility index (Phi) is 4.46. The highest BCUT2D eigenvalue weighted by atomic mass is 16.4. The summed E-state index contributed by atoms with van der Waals surface area (Å²) in [6.45, 7) is 0.573. The lowest BCUT2D eigenvalue weighted by Crippen LogP contribution is -2.48. The van der Waals surface area contributed by atoms with Crippen LogP contribution in [0.2, 0.25) is 0 Å². The molecule has 20 heavy (non-hydrogen) atoms. The van der Waals surface area contributed by atoms with Gasteiger partial charge in [-0.1, -0.05) is 0 Å². The predicted molar refractivity (Wildman–Crippen MR) is 70.7 cm³/mol. The molecule has 0 aliphatic heterocycles. The van der Waals surface area contributed by atoms with Crippen LogP contribution in [0.5, 0.6) is 0 Å². The summed E-state index contributed by atoms with van der Waals surface area (Å²) in [7, 11) is 0. The molecule has 0 unspecified atom stereocenters. The molecule has 0 heterocycles. The fraction of sp³-hybridized carbons (Fsp3) is 0.769. The van der Waals surface area contributed by atoms with Crippen LogP contribution in [-0.4, -0.2) is 35.6 Å². The lowest BCUT2D eigenvalue weighted by atomic mass is 9.98. The topological polar surface area (TPSA) is 122 Å². The second kappa shape index (κ2) is 6.11. The predicted octanol–water partition coefficient (Wildman–Crippen LogP) is 0.0504. The highest BCUT2D eigenvalue weighted by molar-refractivity contribution is 5.87. The van der Waals surface area contributed by atoms with Gasteiger partial charge in [-0.3, -0.25) is 4.79 Å². The zero-order valence-corrected chi connectivity index (χ0v) is 11.3. The molecule has 2 saturated carbocycles. The molecule has 2 aliphatic carbocycles. The number of carbonyl (C=O) groups excluding carboxylic acids is 2. The molecule has 0 aromatic rings. The number of carboxylic acids is 1. The minimum atomic E-state index is -1.27. The van der Waals surface area contributed by atoms with E-state index in [1.54, 1.807) is 0 Å². The highest BCUT2D eigenvalue weighted by Crippen LogP contribution is 2.48. The van der Waals surface area contributed by atoms with Crippen molar-refractivity contribution in [1.82, 2.24) is 10.6 Å². The van der Waals surface area contributed by atoms with Gasteiger partial charge in [0, 0.05) is 6.54 Å². The molecular formula is C13H21N3O4. The van der Waals surface area contributed by atoms with Gasteiger partial charge in [-0.15, -0.1) is 0 Å². The van der Waals surface area contributed by atoms with Crippen molar-refractivity contribution in [2.45, 2.75) is 38.1 Å². The molecule has 2 aliphatic rings. The van der Waals surface area contributed by atoms with Gasteiger partial charge in [-0.05, 0) is 43.4 Å². The van der Waals surface area contributed by atoms with Gasteiger partial charge in [0.15, 0.2) is 0 Å². The lowest BCUT2D eigenvalue weighted by molar-refractivity contribution is -0.140. The molecule has 0 bridgehead atoms. The number of aliphatic carboxylic acids is 1. The Hall–Kier alpha value is -1.79. The number of nitrogens with two attached hydrogens (primary N) is 1. The van der Waals surface area contributed by atoms with Crippen LogP contribution in [-0.2, 0) is 9.59 Å². The van der Waals surface area contributed by atoms with E-state index in [9.17, 15) is 14.4 Å². The van der Waals surface area contributed by atoms with Gasteiger partial charge in [0.05, 0.1) is 6.42 Å².